The highest BCUT2D eigenvalue weighted by Crippen LogP contribution is 2.30. The molecule has 4 rings (SSSR count). The molecule has 0 saturated heterocycles. The summed E-state index contributed by atoms with van der Waals surface area (Å²) in [6.45, 7) is 3.88. The maximum absolute atomic E-state index is 12.6. The van der Waals surface area contributed by atoms with E-state index in [0.29, 0.717) is 16.5 Å². The lowest BCUT2D eigenvalue weighted by molar-refractivity contribution is 0.0998. The van der Waals surface area contributed by atoms with Gasteiger partial charge in [0.2, 0.25) is 5.13 Å². The van der Waals surface area contributed by atoms with Crippen LogP contribution in [0.4, 0.5) is 5.13 Å². The first-order valence-electron chi connectivity index (χ1n) is 8.41. The number of thioether (sulfide) groups is 1. The zero-order valence-corrected chi connectivity index (χ0v) is 16.5. The van der Waals surface area contributed by atoms with E-state index in [4.69, 9.17) is 4.42 Å². The number of nitrogens with zero attached hydrogens (tertiary/aromatic N) is 2. The molecule has 0 aliphatic carbocycles. The zero-order valence-electron chi connectivity index (χ0n) is 14.9. The Morgan fingerprint density at radius 1 is 1.15 bits per heavy atom. The van der Waals surface area contributed by atoms with Gasteiger partial charge in [0.05, 0.1) is 0 Å². The van der Waals surface area contributed by atoms with Crippen molar-refractivity contribution in [1.29, 1.82) is 0 Å². The Hall–Kier alpha value is -2.64. The van der Waals surface area contributed by atoms with Crippen LogP contribution in [0.3, 0.4) is 0 Å². The Labute approximate surface area is 164 Å². The van der Waals surface area contributed by atoms with Gasteiger partial charge in [-0.1, -0.05) is 65.6 Å². The van der Waals surface area contributed by atoms with E-state index >= 15 is 0 Å². The molecule has 0 aliphatic rings. The highest BCUT2D eigenvalue weighted by Gasteiger charge is 2.19. The SMILES string of the molecule is Cc1ccc2c(C)c(C(=O)Nc3nnc(SCc4ccccc4)s3)oc2c1. The van der Waals surface area contributed by atoms with Gasteiger partial charge in [-0.25, -0.2) is 0 Å². The largest absolute Gasteiger partial charge is 0.451 e. The molecule has 0 bridgehead atoms. The van der Waals surface area contributed by atoms with Gasteiger partial charge in [-0.15, -0.1) is 10.2 Å². The quantitative estimate of drug-likeness (QED) is 0.360. The third kappa shape index (κ3) is 3.89. The van der Waals surface area contributed by atoms with Crippen LogP contribution >= 0.6 is 23.1 Å². The van der Waals surface area contributed by atoms with Crippen molar-refractivity contribution >= 4 is 45.1 Å². The first-order valence-corrected chi connectivity index (χ1v) is 10.2. The van der Waals surface area contributed by atoms with Gasteiger partial charge in [0, 0.05) is 16.7 Å². The summed E-state index contributed by atoms with van der Waals surface area (Å²) >= 11 is 2.95. The summed E-state index contributed by atoms with van der Waals surface area (Å²) in [5, 5.41) is 12.4. The van der Waals surface area contributed by atoms with E-state index in [0.717, 1.165) is 26.6 Å². The zero-order chi connectivity index (χ0) is 18.8. The Bertz CT molecular complexity index is 1100. The summed E-state index contributed by atoms with van der Waals surface area (Å²) < 4.78 is 6.58. The van der Waals surface area contributed by atoms with Gasteiger partial charge < -0.3 is 4.42 Å². The van der Waals surface area contributed by atoms with Gasteiger partial charge in [0.15, 0.2) is 10.1 Å². The fourth-order valence-corrected chi connectivity index (χ4v) is 4.44. The van der Waals surface area contributed by atoms with Crippen LogP contribution in [0.25, 0.3) is 11.0 Å². The number of anilines is 1. The fourth-order valence-electron chi connectivity index (χ4n) is 2.74. The summed E-state index contributed by atoms with van der Waals surface area (Å²) in [6, 6.07) is 16.1. The molecule has 0 spiro atoms. The third-order valence-electron chi connectivity index (χ3n) is 4.13. The smallest absolute Gasteiger partial charge is 0.293 e. The molecule has 0 radical (unpaired) electrons. The summed E-state index contributed by atoms with van der Waals surface area (Å²) in [4.78, 5) is 12.6. The maximum atomic E-state index is 12.6. The molecule has 0 unspecified atom stereocenters. The molecule has 4 aromatic rings. The second-order valence-electron chi connectivity index (χ2n) is 6.16. The summed E-state index contributed by atoms with van der Waals surface area (Å²) in [5.74, 6) is 0.812. The van der Waals surface area contributed by atoms with Crippen molar-refractivity contribution in [2.75, 3.05) is 5.32 Å². The van der Waals surface area contributed by atoms with Crippen molar-refractivity contribution in [1.82, 2.24) is 10.2 Å². The van der Waals surface area contributed by atoms with E-state index in [2.05, 4.69) is 27.6 Å². The maximum Gasteiger partial charge on any atom is 0.293 e. The van der Waals surface area contributed by atoms with Gasteiger partial charge in [0.25, 0.3) is 5.91 Å². The molecule has 1 amide bonds. The molecule has 1 N–H and O–H groups in total. The number of fused-ring (bicyclic) bond motifs is 1. The lowest BCUT2D eigenvalue weighted by atomic mass is 10.1. The van der Waals surface area contributed by atoms with Gasteiger partial charge >= 0.3 is 0 Å². The molecular weight excluding hydrogens is 378 g/mol. The number of nitrogens with one attached hydrogen (secondary N) is 1. The van der Waals surface area contributed by atoms with E-state index in [1.54, 1.807) is 11.8 Å². The van der Waals surface area contributed by atoms with Gasteiger partial charge in [-0.2, -0.15) is 0 Å². The minimum absolute atomic E-state index is 0.308. The molecule has 7 heteroatoms. The molecule has 2 aromatic heterocycles. The number of hydrogen-bond acceptors (Lipinski definition) is 6. The monoisotopic (exact) mass is 395 g/mol. The summed E-state index contributed by atoms with van der Waals surface area (Å²) in [7, 11) is 0. The average molecular weight is 396 g/mol. The predicted octanol–water partition coefficient (Wildman–Crippen LogP) is 5.45. The number of carbonyl (C=O) groups excluding carboxylic acids is 1. The average Bonchev–Trinajstić information content (AvgIpc) is 3.25. The third-order valence-corrected chi connectivity index (χ3v) is 6.18. The van der Waals surface area contributed by atoms with Crippen molar-refractivity contribution in [3.05, 3.63) is 71.0 Å². The highest BCUT2D eigenvalue weighted by molar-refractivity contribution is 8.00. The Morgan fingerprint density at radius 3 is 2.78 bits per heavy atom. The van der Waals surface area contributed by atoms with Crippen LogP contribution in [-0.4, -0.2) is 16.1 Å². The Morgan fingerprint density at radius 2 is 1.96 bits per heavy atom. The number of rotatable bonds is 5. The van der Waals surface area contributed by atoms with Crippen LogP contribution in [0, 0.1) is 13.8 Å². The molecule has 5 nitrogen and oxygen atoms in total. The summed E-state index contributed by atoms with van der Waals surface area (Å²) in [5.41, 5.74) is 3.85. The lowest BCUT2D eigenvalue weighted by Gasteiger charge is -1.98. The van der Waals surface area contributed by atoms with Crippen molar-refractivity contribution in [2.45, 2.75) is 23.9 Å². The minimum Gasteiger partial charge on any atom is -0.451 e. The van der Waals surface area contributed by atoms with Crippen LogP contribution in [0.1, 0.15) is 27.2 Å². The molecule has 0 saturated carbocycles. The molecule has 0 atom stereocenters. The number of furan rings is 1. The van der Waals surface area contributed by atoms with Crippen molar-refractivity contribution in [2.24, 2.45) is 0 Å². The molecule has 2 aromatic carbocycles. The van der Waals surface area contributed by atoms with E-state index in [1.165, 1.54) is 16.9 Å². The molecule has 0 fully saturated rings. The molecule has 136 valence electrons. The minimum atomic E-state index is -0.308. The number of amides is 1. The second-order valence-corrected chi connectivity index (χ2v) is 8.36. The van der Waals surface area contributed by atoms with Crippen LogP contribution in [0.2, 0.25) is 0 Å². The van der Waals surface area contributed by atoms with Crippen LogP contribution < -0.4 is 5.32 Å². The van der Waals surface area contributed by atoms with Crippen molar-refractivity contribution in [3.63, 3.8) is 0 Å². The van der Waals surface area contributed by atoms with Crippen molar-refractivity contribution < 1.29 is 9.21 Å². The first kappa shape index (κ1) is 17.8. The van der Waals surface area contributed by atoms with E-state index in [1.807, 2.05) is 50.2 Å². The number of aromatic nitrogens is 2. The van der Waals surface area contributed by atoms with Crippen LogP contribution in [0.15, 0.2) is 57.3 Å². The van der Waals surface area contributed by atoms with Gasteiger partial charge in [-0.3, -0.25) is 10.1 Å². The number of aryl methyl sites for hydroxylation is 2. The van der Waals surface area contributed by atoms with Crippen LogP contribution in [-0.2, 0) is 5.75 Å². The summed E-state index contributed by atoms with van der Waals surface area (Å²) in [6.07, 6.45) is 0. The van der Waals surface area contributed by atoms with Gasteiger partial charge in [0.1, 0.15) is 5.58 Å². The van der Waals surface area contributed by atoms with Crippen LogP contribution in [0.5, 0.6) is 0 Å². The highest BCUT2D eigenvalue weighted by atomic mass is 32.2. The Kier molecular flexibility index (Phi) is 4.96. The number of benzene rings is 2. The normalized spacial score (nSPS) is 11.0. The van der Waals surface area contributed by atoms with E-state index in [-0.39, 0.29) is 5.91 Å². The number of hydrogen-bond donors (Lipinski definition) is 1. The topological polar surface area (TPSA) is 68.0 Å². The number of carbonyl (C=O) groups is 1. The second kappa shape index (κ2) is 7.54. The lowest BCUT2D eigenvalue weighted by Crippen LogP contribution is -2.11. The molecular formula is C20H17N3O2S2. The molecule has 2 heterocycles. The predicted molar refractivity (Wildman–Crippen MR) is 110 cm³/mol. The Balaban J connectivity index is 1.46. The fraction of sp³-hybridized carbons (Fsp3) is 0.150. The van der Waals surface area contributed by atoms with Crippen molar-refractivity contribution in [3.8, 4) is 0 Å². The molecule has 27 heavy (non-hydrogen) atoms. The van der Waals surface area contributed by atoms with E-state index < -0.39 is 0 Å². The molecule has 0 aliphatic heterocycles. The standard InChI is InChI=1S/C20H17N3O2S2/c1-12-8-9-15-13(2)17(25-16(15)10-12)18(24)21-19-22-23-20(27-19)26-11-14-6-4-3-5-7-14/h3-10H,11H2,1-2H3,(H,21,22,24). The van der Waals surface area contributed by atoms with E-state index in [9.17, 15) is 4.79 Å². The van der Waals surface area contributed by atoms with Gasteiger partial charge in [-0.05, 0) is 31.0 Å². The first-order chi connectivity index (χ1) is 13.1.